The van der Waals surface area contributed by atoms with Gasteiger partial charge in [0.25, 0.3) is 11.8 Å². The lowest BCUT2D eigenvalue weighted by molar-refractivity contribution is -0.153. The van der Waals surface area contributed by atoms with Gasteiger partial charge in [-0.1, -0.05) is 13.0 Å². The summed E-state index contributed by atoms with van der Waals surface area (Å²) < 4.78 is 9.75. The fraction of sp³-hybridized carbons (Fsp3) is 0.423. The van der Waals surface area contributed by atoms with Crippen molar-refractivity contribution in [1.29, 1.82) is 5.41 Å². The average Bonchev–Trinajstić information content (AvgIpc) is 3.63. The molecule has 1 aliphatic carbocycles. The van der Waals surface area contributed by atoms with E-state index in [1.54, 1.807) is 25.1 Å². The van der Waals surface area contributed by atoms with Gasteiger partial charge >= 0.3 is 12.1 Å². The number of aryl methyl sites for hydroxylation is 1. The maximum Gasteiger partial charge on any atom is 0.419 e. The van der Waals surface area contributed by atoms with Gasteiger partial charge in [-0.25, -0.2) is 9.69 Å². The highest BCUT2D eigenvalue weighted by atomic mass is 16.7. The Labute approximate surface area is 220 Å². The molecule has 0 spiro atoms. The zero-order chi connectivity index (χ0) is 28.0. The Morgan fingerprint density at radius 3 is 2.55 bits per heavy atom. The molecule has 1 atom stereocenters. The molecule has 1 unspecified atom stereocenters. The quantitative estimate of drug-likeness (QED) is 0.136. The number of aromatic amines is 1. The Hall–Kier alpha value is -4.19. The zero-order valence-corrected chi connectivity index (χ0v) is 22.0. The van der Waals surface area contributed by atoms with Gasteiger partial charge in [0.1, 0.15) is 11.9 Å². The molecular formula is C26H34N6O6. The summed E-state index contributed by atoms with van der Waals surface area (Å²) in [6.45, 7) is 6.83. The molecule has 0 aliphatic heterocycles. The van der Waals surface area contributed by atoms with E-state index in [1.165, 1.54) is 13.1 Å². The number of ether oxygens (including phenoxy) is 2. The first-order valence-electron chi connectivity index (χ1n) is 12.4. The minimum Gasteiger partial charge on any atom is -0.427 e. The number of carbonyl (C=O) groups excluding carboxylic acids is 4. The van der Waals surface area contributed by atoms with Crippen LogP contribution in [-0.2, 0) is 14.3 Å². The third kappa shape index (κ3) is 6.76. The van der Waals surface area contributed by atoms with Crippen LogP contribution in [0.2, 0.25) is 0 Å². The highest BCUT2D eigenvalue weighted by molar-refractivity contribution is 6.11. The minimum atomic E-state index is -0.931. The van der Waals surface area contributed by atoms with Crippen molar-refractivity contribution in [1.82, 2.24) is 15.2 Å². The lowest BCUT2D eigenvalue weighted by Crippen LogP contribution is -2.40. The van der Waals surface area contributed by atoms with Crippen molar-refractivity contribution in [3.63, 3.8) is 0 Å². The number of rotatable bonds is 10. The SMILES string of the molecule is CCCNC(=O)c1ccc(C)c(NC(=N)c2[nH]cc(C(=O)N(C(=O)OCOC(=O)C(C)N)C3CC3)c2C)c1. The van der Waals surface area contributed by atoms with E-state index in [0.717, 1.165) is 16.9 Å². The first-order valence-corrected chi connectivity index (χ1v) is 12.4. The largest absolute Gasteiger partial charge is 0.427 e. The summed E-state index contributed by atoms with van der Waals surface area (Å²) >= 11 is 0. The van der Waals surface area contributed by atoms with E-state index in [2.05, 4.69) is 15.6 Å². The summed E-state index contributed by atoms with van der Waals surface area (Å²) in [4.78, 5) is 53.7. The van der Waals surface area contributed by atoms with E-state index in [-0.39, 0.29) is 23.3 Å². The molecule has 3 rings (SSSR count). The second-order valence-corrected chi connectivity index (χ2v) is 9.17. The molecule has 1 heterocycles. The number of hydrogen-bond acceptors (Lipinski definition) is 8. The van der Waals surface area contributed by atoms with Gasteiger partial charge in [-0.05, 0) is 63.3 Å². The van der Waals surface area contributed by atoms with Crippen molar-refractivity contribution in [3.8, 4) is 0 Å². The van der Waals surface area contributed by atoms with Crippen LogP contribution in [0.25, 0.3) is 0 Å². The van der Waals surface area contributed by atoms with E-state index in [1.807, 2.05) is 13.8 Å². The number of benzene rings is 1. The predicted octanol–water partition coefficient (Wildman–Crippen LogP) is 2.80. The normalized spacial score (nSPS) is 13.3. The number of nitrogens with one attached hydrogen (secondary N) is 4. The zero-order valence-electron chi connectivity index (χ0n) is 22.0. The van der Waals surface area contributed by atoms with Crippen molar-refractivity contribution in [2.24, 2.45) is 5.73 Å². The van der Waals surface area contributed by atoms with Crippen molar-refractivity contribution in [2.75, 3.05) is 18.7 Å². The molecule has 6 N–H and O–H groups in total. The first kappa shape index (κ1) is 28.4. The van der Waals surface area contributed by atoms with E-state index < -0.39 is 30.8 Å². The Morgan fingerprint density at radius 1 is 1.21 bits per heavy atom. The molecule has 1 saturated carbocycles. The number of hydrogen-bond donors (Lipinski definition) is 5. The van der Waals surface area contributed by atoms with Gasteiger partial charge in [0, 0.05) is 30.0 Å². The Kier molecular flexibility index (Phi) is 9.24. The van der Waals surface area contributed by atoms with Crippen LogP contribution in [-0.4, -0.2) is 65.0 Å². The number of imide groups is 1. The highest BCUT2D eigenvalue weighted by Crippen LogP contribution is 2.30. The summed E-state index contributed by atoms with van der Waals surface area (Å²) in [5.74, 6) is -1.54. The van der Waals surface area contributed by atoms with E-state index in [0.29, 0.717) is 41.9 Å². The topological polar surface area (TPSA) is 180 Å². The molecule has 1 aromatic carbocycles. The lowest BCUT2D eigenvalue weighted by atomic mass is 10.1. The Bertz CT molecular complexity index is 1230. The van der Waals surface area contributed by atoms with Gasteiger partial charge < -0.3 is 30.8 Å². The van der Waals surface area contributed by atoms with Crippen molar-refractivity contribution < 1.29 is 28.7 Å². The number of amidine groups is 1. The molecule has 38 heavy (non-hydrogen) atoms. The van der Waals surface area contributed by atoms with Crippen LogP contribution in [0.1, 0.15) is 70.6 Å². The maximum atomic E-state index is 13.3. The number of H-pyrrole nitrogens is 1. The van der Waals surface area contributed by atoms with Crippen LogP contribution >= 0.6 is 0 Å². The summed E-state index contributed by atoms with van der Waals surface area (Å²) in [6, 6.07) is 3.98. The van der Waals surface area contributed by atoms with Gasteiger partial charge in [-0.3, -0.25) is 19.8 Å². The molecule has 2 aromatic rings. The predicted molar refractivity (Wildman–Crippen MR) is 140 cm³/mol. The lowest BCUT2D eigenvalue weighted by Gasteiger charge is -2.20. The van der Waals surface area contributed by atoms with Crippen LogP contribution in [0.5, 0.6) is 0 Å². The van der Waals surface area contributed by atoms with Gasteiger partial charge in [-0.15, -0.1) is 0 Å². The molecule has 3 amide bonds. The van der Waals surface area contributed by atoms with E-state index in [9.17, 15) is 19.2 Å². The first-order chi connectivity index (χ1) is 18.0. The van der Waals surface area contributed by atoms with Gasteiger partial charge in [0.15, 0.2) is 0 Å². The maximum absolute atomic E-state index is 13.3. The number of aromatic nitrogens is 1. The van der Waals surface area contributed by atoms with Crippen LogP contribution in [0.3, 0.4) is 0 Å². The number of amides is 3. The van der Waals surface area contributed by atoms with E-state index in [4.69, 9.17) is 20.6 Å². The van der Waals surface area contributed by atoms with E-state index >= 15 is 0 Å². The van der Waals surface area contributed by atoms with Gasteiger partial charge in [0.05, 0.1) is 11.3 Å². The second-order valence-electron chi connectivity index (χ2n) is 9.17. The molecule has 0 bridgehead atoms. The number of nitrogens with zero attached hydrogens (tertiary/aromatic N) is 1. The van der Waals surface area contributed by atoms with Crippen LogP contribution in [0, 0.1) is 19.3 Å². The standard InChI is InChI=1S/C26H34N6O6/c1-5-10-29-23(33)17-7-6-14(2)20(11-17)31-22(28)21-15(3)19(12-30-21)24(34)32(18-8-9-18)26(36)38-13-37-25(35)16(4)27/h6-7,11-12,16,18,30H,5,8-10,13,27H2,1-4H3,(H2,28,31)(H,29,33). The molecular weight excluding hydrogens is 492 g/mol. The fourth-order valence-corrected chi connectivity index (χ4v) is 3.61. The number of carbonyl (C=O) groups is 4. The van der Waals surface area contributed by atoms with Gasteiger partial charge in [0.2, 0.25) is 6.79 Å². The summed E-state index contributed by atoms with van der Waals surface area (Å²) in [5.41, 5.74) is 8.29. The van der Waals surface area contributed by atoms with Crippen molar-refractivity contribution >= 4 is 35.4 Å². The molecule has 1 aliphatic rings. The molecule has 1 fully saturated rings. The minimum absolute atomic E-state index is 0.0147. The van der Waals surface area contributed by atoms with Crippen molar-refractivity contribution in [3.05, 3.63) is 52.3 Å². The van der Waals surface area contributed by atoms with Crippen LogP contribution in [0.4, 0.5) is 10.5 Å². The molecule has 204 valence electrons. The summed E-state index contributed by atoms with van der Waals surface area (Å²) in [6.07, 6.45) is 2.59. The second kappa shape index (κ2) is 12.4. The summed E-state index contributed by atoms with van der Waals surface area (Å²) in [7, 11) is 0. The third-order valence-corrected chi connectivity index (χ3v) is 6.00. The van der Waals surface area contributed by atoms with Crippen LogP contribution < -0.4 is 16.4 Å². The fourth-order valence-electron chi connectivity index (χ4n) is 3.61. The highest BCUT2D eigenvalue weighted by Gasteiger charge is 2.40. The molecule has 1 aromatic heterocycles. The van der Waals surface area contributed by atoms with Crippen molar-refractivity contribution in [2.45, 2.75) is 59.0 Å². The Morgan fingerprint density at radius 2 is 1.92 bits per heavy atom. The number of nitrogens with two attached hydrogens (primary N) is 1. The molecule has 12 nitrogen and oxygen atoms in total. The number of anilines is 1. The van der Waals surface area contributed by atoms with Crippen LogP contribution in [0.15, 0.2) is 24.4 Å². The summed E-state index contributed by atoms with van der Waals surface area (Å²) in [5, 5.41) is 14.4. The monoisotopic (exact) mass is 526 g/mol. The third-order valence-electron chi connectivity index (χ3n) is 6.00. The molecule has 12 heteroatoms. The number of esters is 1. The average molecular weight is 527 g/mol. The van der Waals surface area contributed by atoms with Gasteiger partial charge in [-0.2, -0.15) is 0 Å². The molecule has 0 radical (unpaired) electrons. The smallest absolute Gasteiger partial charge is 0.419 e. The molecule has 0 saturated heterocycles. The Balaban J connectivity index is 1.72.